The summed E-state index contributed by atoms with van der Waals surface area (Å²) < 4.78 is 18.4. The zero-order valence-corrected chi connectivity index (χ0v) is 13.1. The first kappa shape index (κ1) is 16.6. The summed E-state index contributed by atoms with van der Waals surface area (Å²) in [6.07, 6.45) is 0.220. The molecule has 0 saturated heterocycles. The molecule has 0 spiro atoms. The van der Waals surface area contributed by atoms with Crippen LogP contribution >= 0.6 is 23.2 Å². The van der Waals surface area contributed by atoms with Gasteiger partial charge >= 0.3 is 0 Å². The predicted octanol–water partition coefficient (Wildman–Crippen LogP) is 4.22. The SMILES string of the molecule is O=C(CCOc1ccc(Cl)cc1)NCc1ccc(F)c(Cl)c1. The molecule has 0 aliphatic heterocycles. The summed E-state index contributed by atoms with van der Waals surface area (Å²) in [4.78, 5) is 11.7. The number of amides is 1. The minimum absolute atomic E-state index is 0.0396. The fraction of sp³-hybridized carbons (Fsp3) is 0.188. The molecule has 0 bridgehead atoms. The minimum Gasteiger partial charge on any atom is -0.493 e. The van der Waals surface area contributed by atoms with Crippen molar-refractivity contribution in [3.8, 4) is 5.75 Å². The molecule has 0 aliphatic carbocycles. The molecule has 0 radical (unpaired) electrons. The number of hydrogen-bond acceptors (Lipinski definition) is 2. The fourth-order valence-corrected chi connectivity index (χ4v) is 2.06. The Kier molecular flexibility index (Phi) is 6.04. The Bertz CT molecular complexity index is 647. The van der Waals surface area contributed by atoms with Crippen LogP contribution < -0.4 is 10.1 Å². The summed E-state index contributed by atoms with van der Waals surface area (Å²) in [5.74, 6) is 0.0186. The summed E-state index contributed by atoms with van der Waals surface area (Å²) in [5, 5.41) is 3.39. The average Bonchev–Trinajstić information content (AvgIpc) is 2.50. The third-order valence-corrected chi connectivity index (χ3v) is 3.43. The van der Waals surface area contributed by atoms with Crippen molar-refractivity contribution in [1.29, 1.82) is 0 Å². The molecule has 116 valence electrons. The Morgan fingerprint density at radius 2 is 1.86 bits per heavy atom. The average molecular weight is 342 g/mol. The molecule has 0 saturated carbocycles. The van der Waals surface area contributed by atoms with Crippen LogP contribution in [-0.4, -0.2) is 12.5 Å². The Morgan fingerprint density at radius 1 is 1.14 bits per heavy atom. The van der Waals surface area contributed by atoms with Crippen LogP contribution in [0.2, 0.25) is 10.0 Å². The highest BCUT2D eigenvalue weighted by Crippen LogP contribution is 2.16. The van der Waals surface area contributed by atoms with E-state index in [1.54, 1.807) is 30.3 Å². The number of hydrogen-bond donors (Lipinski definition) is 1. The van der Waals surface area contributed by atoms with Crippen molar-refractivity contribution in [2.45, 2.75) is 13.0 Å². The number of rotatable bonds is 6. The van der Waals surface area contributed by atoms with Crippen LogP contribution in [0.15, 0.2) is 42.5 Å². The van der Waals surface area contributed by atoms with Crippen molar-refractivity contribution in [1.82, 2.24) is 5.32 Å². The van der Waals surface area contributed by atoms with Crippen molar-refractivity contribution in [3.05, 3.63) is 63.9 Å². The van der Waals surface area contributed by atoms with Gasteiger partial charge in [0, 0.05) is 11.6 Å². The molecule has 0 aromatic heterocycles. The van der Waals surface area contributed by atoms with E-state index in [0.29, 0.717) is 17.3 Å². The van der Waals surface area contributed by atoms with Gasteiger partial charge in [0.15, 0.2) is 0 Å². The number of benzene rings is 2. The Morgan fingerprint density at radius 3 is 2.55 bits per heavy atom. The molecule has 1 N–H and O–H groups in total. The molecule has 0 unspecified atom stereocenters. The highest BCUT2D eigenvalue weighted by atomic mass is 35.5. The maximum Gasteiger partial charge on any atom is 0.223 e. The lowest BCUT2D eigenvalue weighted by molar-refractivity contribution is -0.121. The maximum atomic E-state index is 13.0. The van der Waals surface area contributed by atoms with Crippen molar-refractivity contribution in [2.75, 3.05) is 6.61 Å². The molecule has 1 amide bonds. The van der Waals surface area contributed by atoms with Gasteiger partial charge in [-0.25, -0.2) is 4.39 Å². The van der Waals surface area contributed by atoms with Crippen molar-refractivity contribution < 1.29 is 13.9 Å². The lowest BCUT2D eigenvalue weighted by Gasteiger charge is -2.08. The Labute approximate surface area is 138 Å². The lowest BCUT2D eigenvalue weighted by atomic mass is 10.2. The third-order valence-electron chi connectivity index (χ3n) is 2.89. The molecule has 2 rings (SSSR count). The van der Waals surface area contributed by atoms with E-state index in [1.807, 2.05) is 0 Å². The quantitative estimate of drug-likeness (QED) is 0.854. The van der Waals surface area contributed by atoms with Crippen LogP contribution in [0.1, 0.15) is 12.0 Å². The fourth-order valence-electron chi connectivity index (χ4n) is 1.73. The topological polar surface area (TPSA) is 38.3 Å². The van der Waals surface area contributed by atoms with E-state index in [1.165, 1.54) is 12.1 Å². The second kappa shape index (κ2) is 8.01. The molecule has 0 fully saturated rings. The first-order valence-electron chi connectivity index (χ1n) is 6.63. The molecule has 0 heterocycles. The summed E-state index contributed by atoms with van der Waals surface area (Å²) in [6.45, 7) is 0.553. The van der Waals surface area contributed by atoms with E-state index in [4.69, 9.17) is 27.9 Å². The number of carbonyl (C=O) groups excluding carboxylic acids is 1. The smallest absolute Gasteiger partial charge is 0.223 e. The molecule has 6 heteroatoms. The van der Waals surface area contributed by atoms with E-state index in [-0.39, 0.29) is 24.0 Å². The molecule has 3 nitrogen and oxygen atoms in total. The summed E-state index contributed by atoms with van der Waals surface area (Å²) in [6, 6.07) is 11.2. The predicted molar refractivity (Wildman–Crippen MR) is 84.8 cm³/mol. The van der Waals surface area contributed by atoms with Crippen LogP contribution in [0, 0.1) is 5.82 Å². The molecular formula is C16H14Cl2FNO2. The molecule has 0 aliphatic rings. The van der Waals surface area contributed by atoms with Crippen LogP contribution in [0.25, 0.3) is 0 Å². The first-order chi connectivity index (χ1) is 10.5. The van der Waals surface area contributed by atoms with Gasteiger partial charge in [0.25, 0.3) is 0 Å². The van der Waals surface area contributed by atoms with Gasteiger partial charge in [-0.15, -0.1) is 0 Å². The molecule has 22 heavy (non-hydrogen) atoms. The number of ether oxygens (including phenoxy) is 1. The third kappa shape index (κ3) is 5.20. The van der Waals surface area contributed by atoms with Crippen LogP contribution in [0.3, 0.4) is 0 Å². The first-order valence-corrected chi connectivity index (χ1v) is 7.39. The second-order valence-electron chi connectivity index (χ2n) is 4.58. The molecule has 0 atom stereocenters. The zero-order valence-electron chi connectivity index (χ0n) is 11.6. The standard InChI is InChI=1S/C16H14Cl2FNO2/c17-12-2-4-13(5-3-12)22-8-7-16(21)20-10-11-1-6-15(19)14(18)9-11/h1-6,9H,7-8,10H2,(H,20,21). The summed E-state index contributed by atoms with van der Waals surface area (Å²) in [7, 11) is 0. The van der Waals surface area contributed by atoms with Gasteiger partial charge in [-0.05, 0) is 42.0 Å². The summed E-state index contributed by atoms with van der Waals surface area (Å²) in [5.41, 5.74) is 0.735. The van der Waals surface area contributed by atoms with Crippen molar-refractivity contribution >= 4 is 29.1 Å². The van der Waals surface area contributed by atoms with E-state index in [9.17, 15) is 9.18 Å². The van der Waals surface area contributed by atoms with Gasteiger partial charge < -0.3 is 10.1 Å². The lowest BCUT2D eigenvalue weighted by Crippen LogP contribution is -2.24. The maximum absolute atomic E-state index is 13.0. The van der Waals surface area contributed by atoms with E-state index in [2.05, 4.69) is 5.32 Å². The minimum atomic E-state index is -0.479. The molecule has 2 aromatic carbocycles. The summed E-state index contributed by atoms with van der Waals surface area (Å²) >= 11 is 11.4. The zero-order chi connectivity index (χ0) is 15.9. The van der Waals surface area contributed by atoms with Gasteiger partial charge in [-0.2, -0.15) is 0 Å². The normalized spacial score (nSPS) is 10.3. The van der Waals surface area contributed by atoms with Crippen molar-refractivity contribution in [3.63, 3.8) is 0 Å². The van der Waals surface area contributed by atoms with Crippen LogP contribution in [0.5, 0.6) is 5.75 Å². The van der Waals surface area contributed by atoms with E-state index in [0.717, 1.165) is 5.56 Å². The largest absolute Gasteiger partial charge is 0.493 e. The second-order valence-corrected chi connectivity index (χ2v) is 5.42. The van der Waals surface area contributed by atoms with Gasteiger partial charge in [0.1, 0.15) is 11.6 Å². The van der Waals surface area contributed by atoms with E-state index >= 15 is 0 Å². The monoisotopic (exact) mass is 341 g/mol. The molecule has 2 aromatic rings. The Hall–Kier alpha value is -1.78. The van der Waals surface area contributed by atoms with E-state index < -0.39 is 5.82 Å². The Balaban J connectivity index is 1.71. The number of nitrogens with one attached hydrogen (secondary N) is 1. The number of halogens is 3. The highest BCUT2D eigenvalue weighted by Gasteiger charge is 2.04. The highest BCUT2D eigenvalue weighted by molar-refractivity contribution is 6.31. The van der Waals surface area contributed by atoms with Crippen LogP contribution in [-0.2, 0) is 11.3 Å². The van der Waals surface area contributed by atoms with Gasteiger partial charge in [-0.3, -0.25) is 4.79 Å². The van der Waals surface area contributed by atoms with Crippen molar-refractivity contribution in [2.24, 2.45) is 0 Å². The molecular weight excluding hydrogens is 328 g/mol. The number of carbonyl (C=O) groups is 1. The van der Waals surface area contributed by atoms with Crippen LogP contribution in [0.4, 0.5) is 4.39 Å². The van der Waals surface area contributed by atoms with Gasteiger partial charge in [0.05, 0.1) is 18.1 Å². The van der Waals surface area contributed by atoms with Gasteiger partial charge in [-0.1, -0.05) is 29.3 Å². The van der Waals surface area contributed by atoms with Gasteiger partial charge in [0.2, 0.25) is 5.91 Å².